The number of methoxy groups -OCH3 is 1. The molecule has 1 heterocycles. The average molecular weight is 384 g/mol. The van der Waals surface area contributed by atoms with Crippen LogP contribution in [0.2, 0.25) is 0 Å². The predicted octanol–water partition coefficient (Wildman–Crippen LogP) is 3.75. The number of aromatic nitrogens is 4. The summed E-state index contributed by atoms with van der Waals surface area (Å²) in [6.45, 7) is 0. The second-order valence-corrected chi connectivity index (χ2v) is 6.29. The van der Waals surface area contributed by atoms with Gasteiger partial charge in [-0.05, 0) is 17.3 Å². The molecule has 7 heteroatoms. The van der Waals surface area contributed by atoms with Gasteiger partial charge in [0, 0.05) is 11.1 Å². The molecule has 0 aliphatic rings. The molecule has 3 aromatic carbocycles. The molecule has 144 valence electrons. The van der Waals surface area contributed by atoms with Gasteiger partial charge in [0.1, 0.15) is 0 Å². The van der Waals surface area contributed by atoms with Gasteiger partial charge >= 0.3 is 0 Å². The summed E-state index contributed by atoms with van der Waals surface area (Å²) >= 11 is 0. The van der Waals surface area contributed by atoms with Gasteiger partial charge in [-0.2, -0.15) is 9.90 Å². The van der Waals surface area contributed by atoms with Crippen LogP contribution in [-0.2, 0) is 7.05 Å². The highest BCUT2D eigenvalue weighted by atomic mass is 16.5. The maximum Gasteiger partial charge on any atom is 0.208 e. The van der Waals surface area contributed by atoms with E-state index < -0.39 is 0 Å². The van der Waals surface area contributed by atoms with Crippen molar-refractivity contribution in [3.05, 3.63) is 90.0 Å². The van der Waals surface area contributed by atoms with E-state index in [1.807, 2.05) is 78.9 Å². The van der Waals surface area contributed by atoms with E-state index in [1.165, 1.54) is 4.80 Å². The Labute approximate surface area is 168 Å². The quantitative estimate of drug-likeness (QED) is 0.405. The van der Waals surface area contributed by atoms with Gasteiger partial charge in [0.05, 0.1) is 31.1 Å². The largest absolute Gasteiger partial charge is 0.494 e. The standard InChI is InChI=1S/C22H20N6O/c1-28-26-22(25-27-28)18-14-9-15-19(21(18)29-2)23-24-20(16-10-5-3-6-11-16)17-12-7-4-8-13-17/h3-15,23H,1-2H3. The third-order valence-corrected chi connectivity index (χ3v) is 4.35. The molecule has 0 unspecified atom stereocenters. The molecule has 0 saturated heterocycles. The highest BCUT2D eigenvalue weighted by Gasteiger charge is 2.15. The molecule has 0 bridgehead atoms. The molecule has 0 saturated carbocycles. The van der Waals surface area contributed by atoms with Crippen LogP contribution >= 0.6 is 0 Å². The van der Waals surface area contributed by atoms with E-state index in [1.54, 1.807) is 14.2 Å². The highest BCUT2D eigenvalue weighted by Crippen LogP contribution is 2.34. The van der Waals surface area contributed by atoms with Crippen LogP contribution in [0.4, 0.5) is 5.69 Å². The molecule has 0 aliphatic heterocycles. The number of nitrogens with one attached hydrogen (secondary N) is 1. The minimum absolute atomic E-state index is 0.489. The zero-order valence-electron chi connectivity index (χ0n) is 16.1. The van der Waals surface area contributed by atoms with Gasteiger partial charge in [-0.1, -0.05) is 66.7 Å². The Kier molecular flexibility index (Phi) is 5.29. The van der Waals surface area contributed by atoms with Crippen molar-refractivity contribution in [2.75, 3.05) is 12.5 Å². The van der Waals surface area contributed by atoms with Crippen LogP contribution in [-0.4, -0.2) is 33.0 Å². The summed E-state index contributed by atoms with van der Waals surface area (Å²) < 4.78 is 5.64. The summed E-state index contributed by atoms with van der Waals surface area (Å²) in [5.74, 6) is 1.09. The van der Waals surface area contributed by atoms with Crippen molar-refractivity contribution >= 4 is 11.4 Å². The Bertz CT molecular complexity index is 1080. The lowest BCUT2D eigenvalue weighted by Gasteiger charge is -2.13. The van der Waals surface area contributed by atoms with Crippen LogP contribution in [0, 0.1) is 0 Å². The first-order chi connectivity index (χ1) is 14.3. The zero-order chi connectivity index (χ0) is 20.1. The first kappa shape index (κ1) is 18.4. The number of ether oxygens (including phenoxy) is 1. The zero-order valence-corrected chi connectivity index (χ0v) is 16.1. The summed E-state index contributed by atoms with van der Waals surface area (Å²) in [6.07, 6.45) is 0. The van der Waals surface area contributed by atoms with Crippen LogP contribution in [0.5, 0.6) is 5.75 Å². The van der Waals surface area contributed by atoms with Crippen molar-refractivity contribution < 1.29 is 4.74 Å². The van der Waals surface area contributed by atoms with Gasteiger partial charge < -0.3 is 4.74 Å². The van der Waals surface area contributed by atoms with Crippen LogP contribution in [0.15, 0.2) is 84.0 Å². The molecule has 7 nitrogen and oxygen atoms in total. The SMILES string of the molecule is COc1c(NN=C(c2ccccc2)c2ccccc2)cccc1-c1nnn(C)n1. The van der Waals surface area contributed by atoms with Crippen LogP contribution in [0.3, 0.4) is 0 Å². The first-order valence-corrected chi connectivity index (χ1v) is 9.12. The maximum atomic E-state index is 5.64. The molecule has 0 fully saturated rings. The minimum Gasteiger partial charge on any atom is -0.494 e. The molecular formula is C22H20N6O. The fourth-order valence-electron chi connectivity index (χ4n) is 3.02. The van der Waals surface area contributed by atoms with E-state index in [0.717, 1.165) is 22.4 Å². The van der Waals surface area contributed by atoms with Gasteiger partial charge in [-0.3, -0.25) is 5.43 Å². The van der Waals surface area contributed by atoms with Crippen molar-refractivity contribution in [2.45, 2.75) is 0 Å². The van der Waals surface area contributed by atoms with Gasteiger partial charge in [-0.25, -0.2) is 0 Å². The highest BCUT2D eigenvalue weighted by molar-refractivity contribution is 6.13. The fourth-order valence-corrected chi connectivity index (χ4v) is 3.02. The summed E-state index contributed by atoms with van der Waals surface area (Å²) in [5, 5.41) is 17.0. The van der Waals surface area contributed by atoms with E-state index in [0.29, 0.717) is 17.3 Å². The predicted molar refractivity (Wildman–Crippen MR) is 113 cm³/mol. The van der Waals surface area contributed by atoms with Gasteiger partial charge in [-0.15, -0.1) is 10.2 Å². The van der Waals surface area contributed by atoms with Crippen molar-refractivity contribution in [3.8, 4) is 17.1 Å². The van der Waals surface area contributed by atoms with E-state index >= 15 is 0 Å². The van der Waals surface area contributed by atoms with Crippen LogP contribution < -0.4 is 10.2 Å². The number of aryl methyl sites for hydroxylation is 1. The smallest absolute Gasteiger partial charge is 0.208 e. The Hall–Kier alpha value is -4.00. The monoisotopic (exact) mass is 384 g/mol. The topological polar surface area (TPSA) is 77.2 Å². The lowest BCUT2D eigenvalue weighted by molar-refractivity contribution is 0.418. The summed E-state index contributed by atoms with van der Waals surface area (Å²) in [6, 6.07) is 25.8. The number of hydrogen-bond donors (Lipinski definition) is 1. The average Bonchev–Trinajstić information content (AvgIpc) is 3.21. The summed E-state index contributed by atoms with van der Waals surface area (Å²) in [5.41, 5.74) is 7.46. The number of tetrazole rings is 1. The molecular weight excluding hydrogens is 364 g/mol. The molecule has 0 atom stereocenters. The van der Waals surface area contributed by atoms with Crippen molar-refractivity contribution in [1.82, 2.24) is 20.2 Å². The first-order valence-electron chi connectivity index (χ1n) is 9.12. The number of para-hydroxylation sites is 1. The summed E-state index contributed by atoms with van der Waals surface area (Å²) in [7, 11) is 3.33. The van der Waals surface area contributed by atoms with Gasteiger partial charge in [0.15, 0.2) is 5.75 Å². The number of hydrazone groups is 1. The minimum atomic E-state index is 0.489. The van der Waals surface area contributed by atoms with E-state index in [-0.39, 0.29) is 0 Å². The molecule has 0 aliphatic carbocycles. The number of rotatable bonds is 6. The van der Waals surface area contributed by atoms with Crippen LogP contribution in [0.1, 0.15) is 11.1 Å². The second-order valence-electron chi connectivity index (χ2n) is 6.29. The Morgan fingerprint density at radius 1 is 0.897 bits per heavy atom. The van der Waals surface area contributed by atoms with E-state index in [4.69, 9.17) is 9.84 Å². The van der Waals surface area contributed by atoms with Crippen molar-refractivity contribution in [2.24, 2.45) is 12.1 Å². The third kappa shape index (κ3) is 3.98. The fraction of sp³-hybridized carbons (Fsp3) is 0.0909. The molecule has 0 spiro atoms. The molecule has 29 heavy (non-hydrogen) atoms. The molecule has 1 N–H and O–H groups in total. The molecule has 4 aromatic rings. The maximum absolute atomic E-state index is 5.64. The van der Waals surface area contributed by atoms with Crippen molar-refractivity contribution in [3.63, 3.8) is 0 Å². The number of hydrogen-bond acceptors (Lipinski definition) is 6. The molecule has 1 aromatic heterocycles. The lowest BCUT2D eigenvalue weighted by atomic mass is 10.0. The van der Waals surface area contributed by atoms with E-state index in [2.05, 4.69) is 20.8 Å². The third-order valence-electron chi connectivity index (χ3n) is 4.35. The van der Waals surface area contributed by atoms with Crippen molar-refractivity contribution in [1.29, 1.82) is 0 Å². The normalized spacial score (nSPS) is 10.4. The van der Waals surface area contributed by atoms with E-state index in [9.17, 15) is 0 Å². The molecule has 0 radical (unpaired) electrons. The second kappa shape index (κ2) is 8.35. The Balaban J connectivity index is 1.74. The van der Waals surface area contributed by atoms with Gasteiger partial charge in [0.2, 0.25) is 5.82 Å². The number of benzene rings is 3. The lowest BCUT2D eigenvalue weighted by Crippen LogP contribution is -2.07. The Morgan fingerprint density at radius 2 is 1.55 bits per heavy atom. The number of anilines is 1. The Morgan fingerprint density at radius 3 is 2.10 bits per heavy atom. The van der Waals surface area contributed by atoms with Crippen LogP contribution in [0.25, 0.3) is 11.4 Å². The molecule has 0 amide bonds. The van der Waals surface area contributed by atoms with Gasteiger partial charge in [0.25, 0.3) is 0 Å². The number of nitrogens with zero attached hydrogens (tertiary/aromatic N) is 5. The summed E-state index contributed by atoms with van der Waals surface area (Å²) in [4.78, 5) is 1.41. The molecule has 4 rings (SSSR count).